The first-order valence-corrected chi connectivity index (χ1v) is 4.55. The monoisotopic (exact) mass is 230 g/mol. The Kier molecular flexibility index (Phi) is 4.21. The minimum Gasteiger partial charge on any atom is -0.395 e. The lowest BCUT2D eigenvalue weighted by atomic mass is 10.3. The number of aliphatic hydroxyl groups is 1. The predicted octanol–water partition coefficient (Wildman–Crippen LogP) is 0.926. The fourth-order valence-corrected chi connectivity index (χ4v) is 1.23. The first-order chi connectivity index (χ1) is 5.84. The minimum absolute atomic E-state index is 0.157. The molecule has 0 aromatic carbocycles. The van der Waals surface area contributed by atoms with Gasteiger partial charge in [-0.25, -0.2) is 0 Å². The van der Waals surface area contributed by atoms with E-state index >= 15 is 0 Å². The van der Waals surface area contributed by atoms with Crippen molar-refractivity contribution in [3.8, 4) is 0 Å². The molecule has 0 aliphatic rings. The van der Waals surface area contributed by atoms with Crippen LogP contribution in [0.4, 0.5) is 0 Å². The van der Waals surface area contributed by atoms with E-state index in [1.807, 2.05) is 12.1 Å². The normalized spacial score (nSPS) is 10.2. The number of aromatic nitrogens is 1. The molecule has 4 heteroatoms. The summed E-state index contributed by atoms with van der Waals surface area (Å²) in [6, 6.07) is 3.82. The summed E-state index contributed by atoms with van der Waals surface area (Å²) in [7, 11) is 0. The number of hydrogen-bond donors (Lipinski definition) is 2. The predicted molar refractivity (Wildman–Crippen MR) is 50.7 cm³/mol. The van der Waals surface area contributed by atoms with Gasteiger partial charge in [-0.15, -0.1) is 0 Å². The van der Waals surface area contributed by atoms with E-state index in [4.69, 9.17) is 5.11 Å². The Bertz CT molecular complexity index is 242. The van der Waals surface area contributed by atoms with E-state index < -0.39 is 0 Å². The van der Waals surface area contributed by atoms with Crippen molar-refractivity contribution in [2.45, 2.75) is 6.54 Å². The summed E-state index contributed by atoms with van der Waals surface area (Å²) in [4.78, 5) is 4.16. The van der Waals surface area contributed by atoms with Gasteiger partial charge in [0.1, 0.15) is 0 Å². The fourth-order valence-electron chi connectivity index (χ4n) is 0.834. The van der Waals surface area contributed by atoms with Crippen LogP contribution in [0.1, 0.15) is 5.69 Å². The lowest BCUT2D eigenvalue weighted by Gasteiger charge is -2.03. The molecule has 1 rings (SSSR count). The van der Waals surface area contributed by atoms with E-state index in [1.165, 1.54) is 0 Å². The molecule has 1 heterocycles. The van der Waals surface area contributed by atoms with Gasteiger partial charge in [-0.1, -0.05) is 0 Å². The van der Waals surface area contributed by atoms with E-state index in [1.54, 1.807) is 6.20 Å². The molecular weight excluding hydrogens is 220 g/mol. The average Bonchev–Trinajstić information content (AvgIpc) is 2.09. The summed E-state index contributed by atoms with van der Waals surface area (Å²) in [6.07, 6.45) is 1.75. The second kappa shape index (κ2) is 5.24. The second-order valence-electron chi connectivity index (χ2n) is 2.33. The van der Waals surface area contributed by atoms with Crippen molar-refractivity contribution in [1.82, 2.24) is 10.3 Å². The Balaban J connectivity index is 2.46. The van der Waals surface area contributed by atoms with Gasteiger partial charge in [0.15, 0.2) is 0 Å². The van der Waals surface area contributed by atoms with Gasteiger partial charge in [0.25, 0.3) is 0 Å². The van der Waals surface area contributed by atoms with Crippen molar-refractivity contribution < 1.29 is 5.11 Å². The standard InChI is InChI=1S/C8H11BrN2O/c9-7-2-1-3-11-8(7)6-10-4-5-12/h1-3,10,12H,4-6H2. The lowest BCUT2D eigenvalue weighted by Crippen LogP contribution is -2.18. The topological polar surface area (TPSA) is 45.1 Å². The van der Waals surface area contributed by atoms with Crippen LogP contribution in [0.2, 0.25) is 0 Å². The highest BCUT2D eigenvalue weighted by molar-refractivity contribution is 9.10. The molecule has 0 amide bonds. The summed E-state index contributed by atoms with van der Waals surface area (Å²) in [5.74, 6) is 0. The number of halogens is 1. The van der Waals surface area contributed by atoms with Crippen molar-refractivity contribution in [3.05, 3.63) is 28.5 Å². The summed E-state index contributed by atoms with van der Waals surface area (Å²) < 4.78 is 0.996. The molecule has 3 nitrogen and oxygen atoms in total. The zero-order valence-corrected chi connectivity index (χ0v) is 8.21. The van der Waals surface area contributed by atoms with Crippen molar-refractivity contribution in [2.75, 3.05) is 13.2 Å². The number of nitrogens with zero attached hydrogens (tertiary/aromatic N) is 1. The Morgan fingerprint density at radius 3 is 3.08 bits per heavy atom. The molecule has 0 aliphatic carbocycles. The molecule has 0 fully saturated rings. The third-order valence-corrected chi connectivity index (χ3v) is 2.14. The largest absolute Gasteiger partial charge is 0.395 e. The Hall–Kier alpha value is -0.450. The third kappa shape index (κ3) is 2.89. The SMILES string of the molecule is OCCNCc1ncccc1Br. The quantitative estimate of drug-likeness (QED) is 0.757. The molecule has 2 N–H and O–H groups in total. The lowest BCUT2D eigenvalue weighted by molar-refractivity contribution is 0.291. The van der Waals surface area contributed by atoms with Gasteiger partial charge in [-0.05, 0) is 28.1 Å². The first-order valence-electron chi connectivity index (χ1n) is 3.75. The minimum atomic E-state index is 0.157. The Morgan fingerprint density at radius 2 is 2.42 bits per heavy atom. The molecule has 0 bridgehead atoms. The maximum atomic E-state index is 8.52. The number of hydrogen-bond acceptors (Lipinski definition) is 3. The van der Waals surface area contributed by atoms with Crippen LogP contribution in [0.3, 0.4) is 0 Å². The van der Waals surface area contributed by atoms with Crippen LogP contribution in [0.25, 0.3) is 0 Å². The number of nitrogens with one attached hydrogen (secondary N) is 1. The maximum Gasteiger partial charge on any atom is 0.0683 e. The molecule has 0 spiro atoms. The van der Waals surface area contributed by atoms with E-state index in [-0.39, 0.29) is 6.61 Å². The van der Waals surface area contributed by atoms with E-state index in [9.17, 15) is 0 Å². The molecule has 0 atom stereocenters. The summed E-state index contributed by atoms with van der Waals surface area (Å²) >= 11 is 3.38. The van der Waals surface area contributed by atoms with Crippen LogP contribution in [0, 0.1) is 0 Å². The van der Waals surface area contributed by atoms with Gasteiger partial charge >= 0.3 is 0 Å². The highest BCUT2D eigenvalue weighted by atomic mass is 79.9. The third-order valence-electron chi connectivity index (χ3n) is 1.42. The van der Waals surface area contributed by atoms with Crippen LogP contribution in [0.15, 0.2) is 22.8 Å². The molecule has 0 saturated heterocycles. The molecule has 0 radical (unpaired) electrons. The van der Waals surface area contributed by atoms with Crippen molar-refractivity contribution in [3.63, 3.8) is 0 Å². The Labute approximate surface area is 80.0 Å². The van der Waals surface area contributed by atoms with Crippen molar-refractivity contribution in [2.24, 2.45) is 0 Å². The average molecular weight is 231 g/mol. The van der Waals surface area contributed by atoms with Crippen molar-refractivity contribution >= 4 is 15.9 Å². The molecule has 1 aromatic heterocycles. The Morgan fingerprint density at radius 1 is 1.58 bits per heavy atom. The zero-order valence-electron chi connectivity index (χ0n) is 6.63. The highest BCUT2D eigenvalue weighted by Gasteiger charge is 1.97. The number of pyridine rings is 1. The molecule has 1 aromatic rings. The van der Waals surface area contributed by atoms with Crippen molar-refractivity contribution in [1.29, 1.82) is 0 Å². The number of aliphatic hydroxyl groups excluding tert-OH is 1. The zero-order chi connectivity index (χ0) is 8.81. The summed E-state index contributed by atoms with van der Waals surface area (Å²) in [6.45, 7) is 1.44. The fraction of sp³-hybridized carbons (Fsp3) is 0.375. The summed E-state index contributed by atoms with van der Waals surface area (Å²) in [5, 5.41) is 11.6. The number of rotatable bonds is 4. The second-order valence-corrected chi connectivity index (χ2v) is 3.19. The smallest absolute Gasteiger partial charge is 0.0683 e. The van der Waals surface area contributed by atoms with Gasteiger partial charge in [-0.2, -0.15) is 0 Å². The molecule has 0 aliphatic heterocycles. The van der Waals surface area contributed by atoms with Gasteiger partial charge in [-0.3, -0.25) is 4.98 Å². The van der Waals surface area contributed by atoms with Crippen LogP contribution in [0.5, 0.6) is 0 Å². The highest BCUT2D eigenvalue weighted by Crippen LogP contribution is 2.12. The van der Waals surface area contributed by atoms with Gasteiger partial charge < -0.3 is 10.4 Å². The molecule has 0 unspecified atom stereocenters. The molecule has 66 valence electrons. The maximum absolute atomic E-state index is 8.52. The molecule has 12 heavy (non-hydrogen) atoms. The van der Waals surface area contributed by atoms with E-state index in [2.05, 4.69) is 26.2 Å². The first kappa shape index (κ1) is 9.64. The van der Waals surface area contributed by atoms with E-state index in [0.29, 0.717) is 13.1 Å². The summed E-state index contributed by atoms with van der Waals surface area (Å²) in [5.41, 5.74) is 0.964. The van der Waals surface area contributed by atoms with Gasteiger partial charge in [0.2, 0.25) is 0 Å². The van der Waals surface area contributed by atoms with Gasteiger partial charge in [0, 0.05) is 23.8 Å². The van der Waals surface area contributed by atoms with Crippen LogP contribution in [-0.4, -0.2) is 23.2 Å². The van der Waals surface area contributed by atoms with Gasteiger partial charge in [0.05, 0.1) is 12.3 Å². The molecular formula is C8H11BrN2O. The molecule has 0 saturated carbocycles. The van der Waals surface area contributed by atoms with Crippen LogP contribution < -0.4 is 5.32 Å². The van der Waals surface area contributed by atoms with Crippen LogP contribution in [-0.2, 0) is 6.54 Å². The van der Waals surface area contributed by atoms with E-state index in [0.717, 1.165) is 10.2 Å². The van der Waals surface area contributed by atoms with Crippen LogP contribution >= 0.6 is 15.9 Å².